The van der Waals surface area contributed by atoms with Gasteiger partial charge in [0.1, 0.15) is 5.82 Å². The van der Waals surface area contributed by atoms with Crippen LogP contribution in [0.5, 0.6) is 0 Å². The maximum atomic E-state index is 13.1. The molecular formula is C21H25BN4O3. The summed E-state index contributed by atoms with van der Waals surface area (Å²) in [5.74, 6) is 1.21. The second kappa shape index (κ2) is 6.03. The number of amides is 1. The van der Waals surface area contributed by atoms with E-state index < -0.39 is 18.3 Å². The summed E-state index contributed by atoms with van der Waals surface area (Å²) >= 11 is 0. The molecular weight excluding hydrogens is 367 g/mol. The van der Waals surface area contributed by atoms with Crippen molar-refractivity contribution < 1.29 is 14.1 Å². The first-order chi connectivity index (χ1) is 13.7. The number of hydrogen-bond acceptors (Lipinski definition) is 6. The first kappa shape index (κ1) is 18.6. The number of pyridine rings is 2. The van der Waals surface area contributed by atoms with Gasteiger partial charge < -0.3 is 19.5 Å². The maximum absolute atomic E-state index is 13.1. The molecule has 0 radical (unpaired) electrons. The minimum absolute atomic E-state index is 0.189. The lowest BCUT2D eigenvalue weighted by Crippen LogP contribution is -2.41. The smallest absolute Gasteiger partial charge is 0.399 e. The zero-order valence-electron chi connectivity index (χ0n) is 17.4. The maximum Gasteiger partial charge on any atom is 0.496 e. The van der Waals surface area contributed by atoms with Crippen molar-refractivity contribution in [3.8, 4) is 0 Å². The predicted molar refractivity (Wildman–Crippen MR) is 112 cm³/mol. The summed E-state index contributed by atoms with van der Waals surface area (Å²) in [5.41, 5.74) is 2.08. The van der Waals surface area contributed by atoms with Crippen molar-refractivity contribution in [1.29, 1.82) is 0 Å². The molecule has 0 aromatic carbocycles. The summed E-state index contributed by atoms with van der Waals surface area (Å²) in [6.07, 6.45) is 5.65. The molecule has 8 heteroatoms. The second-order valence-corrected chi connectivity index (χ2v) is 9.11. The first-order valence-corrected chi connectivity index (χ1v) is 10.1. The van der Waals surface area contributed by atoms with Gasteiger partial charge in [-0.2, -0.15) is 0 Å². The molecule has 5 rings (SSSR count). The first-order valence-electron chi connectivity index (χ1n) is 10.1. The van der Waals surface area contributed by atoms with Crippen LogP contribution in [-0.2, 0) is 9.31 Å². The fraction of sp³-hybridized carbons (Fsp3) is 0.476. The zero-order chi connectivity index (χ0) is 20.6. The van der Waals surface area contributed by atoms with Crippen molar-refractivity contribution in [2.45, 2.75) is 64.7 Å². The Morgan fingerprint density at radius 1 is 1.14 bits per heavy atom. The number of aromatic nitrogens is 2. The van der Waals surface area contributed by atoms with E-state index in [1.807, 2.05) is 46.8 Å². The third-order valence-electron chi connectivity index (χ3n) is 6.40. The molecule has 1 aliphatic carbocycles. The van der Waals surface area contributed by atoms with Gasteiger partial charge >= 0.3 is 7.12 Å². The molecule has 2 aromatic heterocycles. The number of rotatable bonds is 2. The minimum Gasteiger partial charge on any atom is -0.399 e. The lowest BCUT2D eigenvalue weighted by molar-refractivity contribution is 0.00578. The highest BCUT2D eigenvalue weighted by atomic mass is 16.7. The molecule has 29 heavy (non-hydrogen) atoms. The quantitative estimate of drug-likeness (QED) is 0.792. The molecule has 1 saturated heterocycles. The molecule has 3 aliphatic rings. The molecule has 1 saturated carbocycles. The van der Waals surface area contributed by atoms with Crippen LogP contribution in [0.25, 0.3) is 0 Å². The Bertz CT molecular complexity index is 1000. The number of anilines is 3. The number of carbonyl (C=O) groups excluding carboxylic acids is 1. The van der Waals surface area contributed by atoms with Gasteiger partial charge in [-0.3, -0.25) is 4.79 Å². The lowest BCUT2D eigenvalue weighted by atomic mass is 9.79. The average Bonchev–Trinajstić information content (AvgIpc) is 3.45. The Balaban J connectivity index is 1.60. The van der Waals surface area contributed by atoms with Crippen LogP contribution in [0.1, 0.15) is 56.5 Å². The molecule has 2 aliphatic heterocycles. The van der Waals surface area contributed by atoms with Gasteiger partial charge in [0, 0.05) is 23.9 Å². The Morgan fingerprint density at radius 2 is 1.83 bits per heavy atom. The van der Waals surface area contributed by atoms with Crippen LogP contribution in [-0.4, -0.2) is 40.2 Å². The molecule has 7 nitrogen and oxygen atoms in total. The van der Waals surface area contributed by atoms with Crippen molar-refractivity contribution >= 4 is 35.8 Å². The fourth-order valence-corrected chi connectivity index (χ4v) is 3.78. The lowest BCUT2D eigenvalue weighted by Gasteiger charge is -2.32. The standard InChI is InChI=1S/C21H25BN4O3/c1-12-8-9-23-18-16(12)25-19(27)15-10-13(11-24-17(15)26(18)14-6-7-14)22-28-20(2,3)21(4,5)29-22/h8-11,14H,6-7H2,1-5H3,(H,25,27). The van der Waals surface area contributed by atoms with Gasteiger partial charge in [-0.05, 0) is 65.2 Å². The van der Waals surface area contributed by atoms with Crippen molar-refractivity contribution in [2.75, 3.05) is 10.2 Å². The number of aryl methyl sites for hydroxylation is 1. The topological polar surface area (TPSA) is 76.6 Å². The third-order valence-corrected chi connectivity index (χ3v) is 6.40. The summed E-state index contributed by atoms with van der Waals surface area (Å²) in [6, 6.07) is 4.06. The second-order valence-electron chi connectivity index (χ2n) is 9.11. The highest BCUT2D eigenvalue weighted by molar-refractivity contribution is 6.62. The molecule has 2 aromatic rings. The highest BCUT2D eigenvalue weighted by Gasteiger charge is 2.52. The summed E-state index contributed by atoms with van der Waals surface area (Å²) in [5, 5.41) is 3.05. The van der Waals surface area contributed by atoms with Gasteiger partial charge in [0.15, 0.2) is 5.82 Å². The van der Waals surface area contributed by atoms with Crippen LogP contribution in [0.2, 0.25) is 0 Å². The number of carbonyl (C=O) groups is 1. The van der Waals surface area contributed by atoms with E-state index in [0.717, 1.165) is 35.4 Å². The molecule has 1 N–H and O–H groups in total. The zero-order valence-corrected chi connectivity index (χ0v) is 17.4. The summed E-state index contributed by atoms with van der Waals surface area (Å²) < 4.78 is 12.3. The number of fused-ring (bicyclic) bond motifs is 2. The monoisotopic (exact) mass is 392 g/mol. The normalized spacial score (nSPS) is 22.0. The summed E-state index contributed by atoms with van der Waals surface area (Å²) in [7, 11) is -0.564. The van der Waals surface area contributed by atoms with Gasteiger partial charge in [-0.25, -0.2) is 9.97 Å². The Hall–Kier alpha value is -2.45. The van der Waals surface area contributed by atoms with Crippen LogP contribution in [0, 0.1) is 6.92 Å². The molecule has 0 spiro atoms. The SMILES string of the molecule is Cc1ccnc2c1NC(=O)c1cc(B3OC(C)(C)C(C)(C)O3)cnc1N2C1CC1. The van der Waals surface area contributed by atoms with Crippen LogP contribution < -0.4 is 15.7 Å². The molecule has 0 bridgehead atoms. The Kier molecular flexibility index (Phi) is 3.86. The number of hydrogen-bond donors (Lipinski definition) is 1. The van der Waals surface area contributed by atoms with Crippen molar-refractivity contribution in [3.05, 3.63) is 35.7 Å². The van der Waals surface area contributed by atoms with Gasteiger partial charge in [0.05, 0.1) is 22.5 Å². The van der Waals surface area contributed by atoms with E-state index in [0.29, 0.717) is 17.4 Å². The number of nitrogens with one attached hydrogen (secondary N) is 1. The molecule has 1 amide bonds. The van der Waals surface area contributed by atoms with Crippen LogP contribution in [0.3, 0.4) is 0 Å². The highest BCUT2D eigenvalue weighted by Crippen LogP contribution is 2.44. The van der Waals surface area contributed by atoms with Gasteiger partial charge in [0.2, 0.25) is 0 Å². The van der Waals surface area contributed by atoms with Gasteiger partial charge in [0.25, 0.3) is 5.91 Å². The van der Waals surface area contributed by atoms with E-state index >= 15 is 0 Å². The molecule has 0 unspecified atom stereocenters. The van der Waals surface area contributed by atoms with Crippen LogP contribution in [0.4, 0.5) is 17.3 Å². The van der Waals surface area contributed by atoms with Crippen molar-refractivity contribution in [1.82, 2.24) is 9.97 Å². The van der Waals surface area contributed by atoms with Crippen molar-refractivity contribution in [2.24, 2.45) is 0 Å². The van der Waals surface area contributed by atoms with E-state index in [1.54, 1.807) is 12.4 Å². The Morgan fingerprint density at radius 3 is 2.48 bits per heavy atom. The van der Waals surface area contributed by atoms with E-state index in [1.165, 1.54) is 0 Å². The van der Waals surface area contributed by atoms with E-state index in [9.17, 15) is 4.79 Å². The van der Waals surface area contributed by atoms with Crippen molar-refractivity contribution in [3.63, 3.8) is 0 Å². The molecule has 4 heterocycles. The molecule has 2 fully saturated rings. The van der Waals surface area contributed by atoms with E-state index in [2.05, 4.69) is 15.2 Å². The van der Waals surface area contributed by atoms with E-state index in [4.69, 9.17) is 14.3 Å². The fourth-order valence-electron chi connectivity index (χ4n) is 3.78. The largest absolute Gasteiger partial charge is 0.496 e. The van der Waals surface area contributed by atoms with Gasteiger partial charge in [-0.1, -0.05) is 0 Å². The summed E-state index contributed by atoms with van der Waals surface area (Å²) in [6.45, 7) is 10.0. The minimum atomic E-state index is -0.564. The van der Waals surface area contributed by atoms with Gasteiger partial charge in [-0.15, -0.1) is 0 Å². The van der Waals surface area contributed by atoms with Crippen LogP contribution in [0.15, 0.2) is 24.5 Å². The predicted octanol–water partition coefficient (Wildman–Crippen LogP) is 2.95. The molecule has 0 atom stereocenters. The average molecular weight is 392 g/mol. The molecule has 150 valence electrons. The summed E-state index contributed by atoms with van der Waals surface area (Å²) in [4.78, 5) is 24.5. The van der Waals surface area contributed by atoms with E-state index in [-0.39, 0.29) is 5.91 Å². The Labute approximate surface area is 171 Å². The number of nitrogens with zero attached hydrogens (tertiary/aromatic N) is 3. The van der Waals surface area contributed by atoms with Crippen LogP contribution >= 0.6 is 0 Å². The third kappa shape index (κ3) is 2.85.